The quantitative estimate of drug-likeness (QED) is 0.789. The molecule has 0 saturated carbocycles. The molecule has 25 heavy (non-hydrogen) atoms. The van der Waals surface area contributed by atoms with E-state index < -0.39 is 18.3 Å². The fourth-order valence-electron chi connectivity index (χ4n) is 3.12. The zero-order valence-electron chi connectivity index (χ0n) is 13.8. The first-order valence-corrected chi connectivity index (χ1v) is 7.96. The minimum absolute atomic E-state index is 0.0429. The zero-order chi connectivity index (χ0) is 17.8. The van der Waals surface area contributed by atoms with Gasteiger partial charge in [-0.15, -0.1) is 0 Å². The maximum Gasteiger partial charge on any atom is 0.409 e. The molecule has 0 bridgehead atoms. The van der Waals surface area contributed by atoms with E-state index in [0.29, 0.717) is 0 Å². The van der Waals surface area contributed by atoms with E-state index in [1.165, 1.54) is 7.11 Å². The summed E-state index contributed by atoms with van der Waals surface area (Å²) in [7, 11) is 1.33. The molecule has 0 aliphatic heterocycles. The smallest absolute Gasteiger partial charge is 0.409 e. The normalized spacial score (nSPS) is 13.6. The van der Waals surface area contributed by atoms with Crippen molar-refractivity contribution in [3.05, 3.63) is 59.7 Å². The highest BCUT2D eigenvalue weighted by Crippen LogP contribution is 2.44. The van der Waals surface area contributed by atoms with Crippen molar-refractivity contribution in [2.75, 3.05) is 13.7 Å². The van der Waals surface area contributed by atoms with Crippen LogP contribution in [0.5, 0.6) is 0 Å². The molecule has 0 heterocycles. The Balaban J connectivity index is 1.69. The SMILES string of the molecule is CO[C@@H](CC(=O)O)NC(=O)OCC1c2ccccc2-c2ccccc21. The Labute approximate surface area is 145 Å². The highest BCUT2D eigenvalue weighted by atomic mass is 16.6. The fourth-order valence-corrected chi connectivity index (χ4v) is 3.12. The summed E-state index contributed by atoms with van der Waals surface area (Å²) in [6, 6.07) is 16.1. The molecule has 130 valence electrons. The number of aliphatic carboxylic acids is 1. The fraction of sp³-hybridized carbons (Fsp3) is 0.263. The Bertz CT molecular complexity index is 743. The molecule has 3 rings (SSSR count). The second-order valence-electron chi connectivity index (χ2n) is 5.79. The predicted octanol–water partition coefficient (Wildman–Crippen LogP) is 2.97. The number of hydrogen-bond donors (Lipinski definition) is 2. The maximum atomic E-state index is 12.0. The van der Waals surface area contributed by atoms with E-state index in [2.05, 4.69) is 17.4 Å². The topological polar surface area (TPSA) is 84.9 Å². The number of ether oxygens (including phenoxy) is 2. The molecule has 0 fully saturated rings. The van der Waals surface area contributed by atoms with Gasteiger partial charge in [0, 0.05) is 13.0 Å². The number of alkyl carbamates (subject to hydrolysis) is 1. The summed E-state index contributed by atoms with van der Waals surface area (Å²) >= 11 is 0. The number of benzene rings is 2. The maximum absolute atomic E-state index is 12.0. The van der Waals surface area contributed by atoms with Crippen LogP contribution in [0.3, 0.4) is 0 Å². The lowest BCUT2D eigenvalue weighted by atomic mass is 9.98. The molecule has 2 aromatic carbocycles. The number of carbonyl (C=O) groups is 2. The lowest BCUT2D eigenvalue weighted by molar-refractivity contribution is -0.140. The van der Waals surface area contributed by atoms with Crippen molar-refractivity contribution in [1.29, 1.82) is 0 Å². The van der Waals surface area contributed by atoms with Gasteiger partial charge in [-0.25, -0.2) is 4.79 Å². The van der Waals surface area contributed by atoms with E-state index in [1.807, 2.05) is 36.4 Å². The molecule has 1 amide bonds. The molecule has 1 aliphatic rings. The van der Waals surface area contributed by atoms with E-state index in [-0.39, 0.29) is 18.9 Å². The summed E-state index contributed by atoms with van der Waals surface area (Å²) in [6.07, 6.45) is -1.95. The van der Waals surface area contributed by atoms with Crippen molar-refractivity contribution in [3.63, 3.8) is 0 Å². The number of carboxylic acids is 1. The average molecular weight is 341 g/mol. The van der Waals surface area contributed by atoms with Crippen molar-refractivity contribution >= 4 is 12.1 Å². The van der Waals surface area contributed by atoms with Gasteiger partial charge in [-0.1, -0.05) is 48.5 Å². The van der Waals surface area contributed by atoms with E-state index in [9.17, 15) is 9.59 Å². The highest BCUT2D eigenvalue weighted by Gasteiger charge is 2.29. The highest BCUT2D eigenvalue weighted by molar-refractivity contribution is 5.79. The number of methoxy groups -OCH3 is 1. The number of carbonyl (C=O) groups excluding carboxylic acids is 1. The summed E-state index contributed by atoms with van der Waals surface area (Å²) in [4.78, 5) is 22.7. The second kappa shape index (κ2) is 7.36. The standard InChI is InChI=1S/C19H19NO5/c1-24-17(10-18(21)22)20-19(23)25-11-16-14-8-4-2-6-12(14)13-7-3-5-9-15(13)16/h2-9,16-17H,10-11H2,1H3,(H,20,23)(H,21,22)/t17-/m0/s1. The van der Waals surface area contributed by atoms with Gasteiger partial charge in [0.25, 0.3) is 0 Å². The number of nitrogens with one attached hydrogen (secondary N) is 1. The lowest BCUT2D eigenvalue weighted by Crippen LogP contribution is -2.38. The molecular formula is C19H19NO5. The summed E-state index contributed by atoms with van der Waals surface area (Å²) < 4.78 is 10.3. The van der Waals surface area contributed by atoms with Crippen LogP contribution in [0.1, 0.15) is 23.5 Å². The minimum Gasteiger partial charge on any atom is -0.481 e. The van der Waals surface area contributed by atoms with Crippen molar-refractivity contribution in [2.45, 2.75) is 18.6 Å². The van der Waals surface area contributed by atoms with Crippen LogP contribution in [-0.2, 0) is 14.3 Å². The Hall–Kier alpha value is -2.86. The van der Waals surface area contributed by atoms with Crippen LogP contribution in [-0.4, -0.2) is 37.1 Å². The minimum atomic E-state index is -1.06. The summed E-state index contributed by atoms with van der Waals surface area (Å²) in [5.41, 5.74) is 4.52. The number of fused-ring (bicyclic) bond motifs is 3. The monoisotopic (exact) mass is 341 g/mol. The molecular weight excluding hydrogens is 322 g/mol. The van der Waals surface area contributed by atoms with E-state index in [4.69, 9.17) is 14.6 Å². The number of amides is 1. The Morgan fingerprint density at radius 3 is 2.16 bits per heavy atom. The van der Waals surface area contributed by atoms with Crippen LogP contribution in [0.2, 0.25) is 0 Å². The molecule has 6 heteroatoms. The van der Waals surface area contributed by atoms with Gasteiger partial charge in [0.2, 0.25) is 0 Å². The first-order chi connectivity index (χ1) is 12.1. The van der Waals surface area contributed by atoms with Gasteiger partial charge in [0.15, 0.2) is 0 Å². The van der Waals surface area contributed by atoms with Crippen LogP contribution < -0.4 is 5.32 Å². The molecule has 0 spiro atoms. The molecule has 0 aromatic heterocycles. The Morgan fingerprint density at radius 2 is 1.64 bits per heavy atom. The molecule has 1 aliphatic carbocycles. The average Bonchev–Trinajstić information content (AvgIpc) is 2.93. The molecule has 2 N–H and O–H groups in total. The van der Waals surface area contributed by atoms with Gasteiger partial charge in [0.1, 0.15) is 12.8 Å². The first kappa shape index (κ1) is 17.0. The predicted molar refractivity (Wildman–Crippen MR) is 91.3 cm³/mol. The van der Waals surface area contributed by atoms with E-state index >= 15 is 0 Å². The van der Waals surface area contributed by atoms with Gasteiger partial charge in [-0.3, -0.25) is 10.1 Å². The molecule has 1 atom stereocenters. The first-order valence-electron chi connectivity index (χ1n) is 7.96. The third kappa shape index (κ3) is 3.64. The van der Waals surface area contributed by atoms with Crippen molar-refractivity contribution in [2.24, 2.45) is 0 Å². The van der Waals surface area contributed by atoms with Crippen molar-refractivity contribution < 1.29 is 24.2 Å². The molecule has 6 nitrogen and oxygen atoms in total. The summed E-state index contributed by atoms with van der Waals surface area (Å²) in [5, 5.41) is 11.2. The van der Waals surface area contributed by atoms with Crippen LogP contribution in [0, 0.1) is 0 Å². The van der Waals surface area contributed by atoms with Crippen LogP contribution in [0.15, 0.2) is 48.5 Å². The lowest BCUT2D eigenvalue weighted by Gasteiger charge is -2.17. The zero-order valence-corrected chi connectivity index (χ0v) is 13.8. The number of rotatable bonds is 6. The molecule has 0 saturated heterocycles. The number of carboxylic acid groups (broad SMARTS) is 1. The van der Waals surface area contributed by atoms with Crippen LogP contribution in [0.25, 0.3) is 11.1 Å². The third-order valence-electron chi connectivity index (χ3n) is 4.27. The van der Waals surface area contributed by atoms with Crippen molar-refractivity contribution in [3.8, 4) is 11.1 Å². The summed E-state index contributed by atoms with van der Waals surface area (Å²) in [5.74, 6) is -1.11. The Morgan fingerprint density at radius 1 is 1.08 bits per heavy atom. The van der Waals surface area contributed by atoms with Gasteiger partial charge < -0.3 is 14.6 Å². The summed E-state index contributed by atoms with van der Waals surface area (Å²) in [6.45, 7) is 0.170. The molecule has 2 aromatic rings. The third-order valence-corrected chi connectivity index (χ3v) is 4.27. The van der Waals surface area contributed by atoms with Gasteiger partial charge in [0.05, 0.1) is 6.42 Å². The second-order valence-corrected chi connectivity index (χ2v) is 5.79. The van der Waals surface area contributed by atoms with Gasteiger partial charge in [-0.05, 0) is 22.3 Å². The Kier molecular flexibility index (Phi) is 5.00. The van der Waals surface area contributed by atoms with Gasteiger partial charge in [-0.2, -0.15) is 0 Å². The van der Waals surface area contributed by atoms with E-state index in [1.54, 1.807) is 0 Å². The van der Waals surface area contributed by atoms with Crippen LogP contribution in [0.4, 0.5) is 4.79 Å². The van der Waals surface area contributed by atoms with E-state index in [0.717, 1.165) is 22.3 Å². The van der Waals surface area contributed by atoms with Crippen LogP contribution >= 0.6 is 0 Å². The largest absolute Gasteiger partial charge is 0.481 e. The van der Waals surface area contributed by atoms with Crippen molar-refractivity contribution in [1.82, 2.24) is 5.32 Å². The number of hydrogen-bond acceptors (Lipinski definition) is 4. The van der Waals surface area contributed by atoms with Gasteiger partial charge >= 0.3 is 12.1 Å². The molecule has 0 unspecified atom stereocenters. The molecule has 0 radical (unpaired) electrons.